The van der Waals surface area contributed by atoms with Gasteiger partial charge in [-0.1, -0.05) is 12.1 Å². The van der Waals surface area contributed by atoms with Crippen molar-refractivity contribution in [1.82, 2.24) is 0 Å². The number of hydrogen-bond acceptors (Lipinski definition) is 5. The fourth-order valence-electron chi connectivity index (χ4n) is 2.52. The van der Waals surface area contributed by atoms with Crippen LogP contribution in [-0.2, 0) is 4.79 Å². The maximum Gasteiger partial charge on any atom is 0.269 e. The fourth-order valence-corrected chi connectivity index (χ4v) is 2.52. The molecule has 126 valence electrons. The summed E-state index contributed by atoms with van der Waals surface area (Å²) in [5.41, 5.74) is 0.511. The molecule has 0 saturated carbocycles. The zero-order chi connectivity index (χ0) is 17.1. The summed E-state index contributed by atoms with van der Waals surface area (Å²) in [6.07, 6.45) is -1.19. The molecule has 2 atom stereocenters. The van der Waals surface area contributed by atoms with E-state index in [2.05, 4.69) is 5.32 Å². The van der Waals surface area contributed by atoms with Gasteiger partial charge in [-0.25, -0.2) is 0 Å². The molecule has 0 aromatic heterocycles. The van der Waals surface area contributed by atoms with Crippen molar-refractivity contribution in [2.45, 2.75) is 19.1 Å². The van der Waals surface area contributed by atoms with Crippen LogP contribution in [0.15, 0.2) is 42.5 Å². The summed E-state index contributed by atoms with van der Waals surface area (Å²) in [5, 5.41) is 2.82. The van der Waals surface area contributed by atoms with Crippen LogP contribution in [0.25, 0.3) is 0 Å². The highest BCUT2D eigenvalue weighted by molar-refractivity contribution is 5.96. The van der Waals surface area contributed by atoms with Crippen LogP contribution in [-0.4, -0.2) is 32.3 Å². The number of carbonyl (C=O) groups is 1. The van der Waals surface area contributed by atoms with Gasteiger partial charge in [0.2, 0.25) is 6.10 Å². The molecular formula is C18H19NO5. The molecule has 0 fully saturated rings. The topological polar surface area (TPSA) is 66.0 Å². The number of methoxy groups -OCH3 is 2. The second kappa shape index (κ2) is 6.70. The lowest BCUT2D eigenvalue weighted by Crippen LogP contribution is -2.46. The quantitative estimate of drug-likeness (QED) is 0.934. The van der Waals surface area contributed by atoms with Gasteiger partial charge < -0.3 is 24.3 Å². The molecule has 0 spiro atoms. The van der Waals surface area contributed by atoms with Crippen LogP contribution in [0.2, 0.25) is 0 Å². The number of benzene rings is 2. The molecule has 0 radical (unpaired) electrons. The number of amides is 1. The van der Waals surface area contributed by atoms with E-state index in [1.165, 1.54) is 7.11 Å². The van der Waals surface area contributed by atoms with Gasteiger partial charge in [0.1, 0.15) is 17.6 Å². The van der Waals surface area contributed by atoms with Gasteiger partial charge in [-0.2, -0.15) is 0 Å². The SMILES string of the molecule is COc1ccc(OC)c(NC(=O)[C@@H]2Oc3ccccc3O[C@@H]2C)c1. The highest BCUT2D eigenvalue weighted by Crippen LogP contribution is 2.34. The smallest absolute Gasteiger partial charge is 0.269 e. The van der Waals surface area contributed by atoms with Crippen LogP contribution < -0.4 is 24.3 Å². The number of hydrogen-bond donors (Lipinski definition) is 1. The average Bonchev–Trinajstić information content (AvgIpc) is 2.60. The zero-order valence-electron chi connectivity index (χ0n) is 13.7. The molecule has 0 saturated heterocycles. The molecule has 1 amide bonds. The van der Waals surface area contributed by atoms with E-state index >= 15 is 0 Å². The van der Waals surface area contributed by atoms with Crippen LogP contribution in [0, 0.1) is 0 Å². The summed E-state index contributed by atoms with van der Waals surface area (Å²) < 4.78 is 22.0. The molecule has 2 aromatic rings. The van der Waals surface area contributed by atoms with Crippen molar-refractivity contribution in [3.63, 3.8) is 0 Å². The van der Waals surface area contributed by atoms with E-state index in [1.807, 2.05) is 18.2 Å². The lowest BCUT2D eigenvalue weighted by molar-refractivity contribution is -0.128. The molecule has 24 heavy (non-hydrogen) atoms. The van der Waals surface area contributed by atoms with Crippen molar-refractivity contribution in [1.29, 1.82) is 0 Å². The second-order valence-electron chi connectivity index (χ2n) is 5.36. The third kappa shape index (κ3) is 3.08. The summed E-state index contributed by atoms with van der Waals surface area (Å²) >= 11 is 0. The third-order valence-electron chi connectivity index (χ3n) is 3.77. The molecule has 6 heteroatoms. The van der Waals surface area contributed by atoms with Gasteiger partial charge in [0, 0.05) is 6.07 Å². The summed E-state index contributed by atoms with van der Waals surface area (Å²) in [6.45, 7) is 1.79. The average molecular weight is 329 g/mol. The van der Waals surface area contributed by atoms with E-state index in [1.54, 1.807) is 38.3 Å². The van der Waals surface area contributed by atoms with Crippen molar-refractivity contribution in [3.05, 3.63) is 42.5 Å². The number of fused-ring (bicyclic) bond motifs is 1. The maximum atomic E-state index is 12.6. The van der Waals surface area contributed by atoms with Crippen LogP contribution >= 0.6 is 0 Å². The standard InChI is InChI=1S/C18H19NO5/c1-11-17(24-16-7-5-4-6-15(16)23-11)18(20)19-13-10-12(21-2)8-9-14(13)22-3/h4-11,17H,1-3H3,(H,19,20)/t11-,17-/m1/s1. The van der Waals surface area contributed by atoms with Crippen molar-refractivity contribution in [2.75, 3.05) is 19.5 Å². The Morgan fingerprint density at radius 2 is 1.75 bits per heavy atom. The van der Waals surface area contributed by atoms with Crippen molar-refractivity contribution in [3.8, 4) is 23.0 Å². The first kappa shape index (κ1) is 16.0. The predicted octanol–water partition coefficient (Wildman–Crippen LogP) is 2.87. The Balaban J connectivity index is 1.80. The van der Waals surface area contributed by atoms with E-state index in [4.69, 9.17) is 18.9 Å². The molecule has 1 aliphatic heterocycles. The van der Waals surface area contributed by atoms with Gasteiger partial charge in [-0.15, -0.1) is 0 Å². The summed E-state index contributed by atoms with van der Waals surface area (Å²) in [7, 11) is 3.10. The van der Waals surface area contributed by atoms with Crippen LogP contribution in [0.4, 0.5) is 5.69 Å². The van der Waals surface area contributed by atoms with Crippen LogP contribution in [0.5, 0.6) is 23.0 Å². The Kier molecular flexibility index (Phi) is 4.46. The highest BCUT2D eigenvalue weighted by Gasteiger charge is 2.34. The molecule has 1 N–H and O–H groups in total. The molecule has 0 unspecified atom stereocenters. The van der Waals surface area contributed by atoms with Gasteiger partial charge in [0.25, 0.3) is 5.91 Å². The van der Waals surface area contributed by atoms with E-state index in [-0.39, 0.29) is 5.91 Å². The number of nitrogens with one attached hydrogen (secondary N) is 1. The van der Waals surface area contributed by atoms with Crippen LogP contribution in [0.3, 0.4) is 0 Å². The minimum atomic E-state index is -0.768. The van der Waals surface area contributed by atoms with Crippen molar-refractivity contribution >= 4 is 11.6 Å². The maximum absolute atomic E-state index is 12.6. The molecule has 0 bridgehead atoms. The number of para-hydroxylation sites is 2. The number of rotatable bonds is 4. The van der Waals surface area contributed by atoms with E-state index in [9.17, 15) is 4.79 Å². The fraction of sp³-hybridized carbons (Fsp3) is 0.278. The van der Waals surface area contributed by atoms with E-state index in [0.717, 1.165) is 0 Å². The Hall–Kier alpha value is -2.89. The third-order valence-corrected chi connectivity index (χ3v) is 3.77. The van der Waals surface area contributed by atoms with E-state index in [0.29, 0.717) is 28.7 Å². The Morgan fingerprint density at radius 3 is 2.42 bits per heavy atom. The van der Waals surface area contributed by atoms with Gasteiger partial charge in [0.15, 0.2) is 11.5 Å². The van der Waals surface area contributed by atoms with Crippen molar-refractivity contribution < 1.29 is 23.7 Å². The minimum absolute atomic E-state index is 0.316. The first-order chi connectivity index (χ1) is 11.6. The molecule has 6 nitrogen and oxygen atoms in total. The summed E-state index contributed by atoms with van der Waals surface area (Å²) in [6, 6.07) is 12.4. The summed E-state index contributed by atoms with van der Waals surface area (Å²) in [5.74, 6) is 2.02. The molecule has 3 rings (SSSR count). The Labute approximate surface area is 140 Å². The normalized spacial score (nSPS) is 18.6. The largest absolute Gasteiger partial charge is 0.497 e. The van der Waals surface area contributed by atoms with Gasteiger partial charge >= 0.3 is 0 Å². The van der Waals surface area contributed by atoms with Gasteiger partial charge in [0.05, 0.1) is 19.9 Å². The molecule has 1 heterocycles. The molecule has 0 aliphatic carbocycles. The summed E-state index contributed by atoms with van der Waals surface area (Å²) in [4.78, 5) is 12.6. The number of anilines is 1. The number of carbonyl (C=O) groups excluding carboxylic acids is 1. The lowest BCUT2D eigenvalue weighted by atomic mass is 10.1. The molecule has 2 aromatic carbocycles. The zero-order valence-corrected chi connectivity index (χ0v) is 13.7. The minimum Gasteiger partial charge on any atom is -0.497 e. The molecule has 1 aliphatic rings. The van der Waals surface area contributed by atoms with Crippen molar-refractivity contribution in [2.24, 2.45) is 0 Å². The van der Waals surface area contributed by atoms with E-state index < -0.39 is 12.2 Å². The molecular weight excluding hydrogens is 310 g/mol. The first-order valence-corrected chi connectivity index (χ1v) is 7.57. The Bertz CT molecular complexity index is 746. The Morgan fingerprint density at radius 1 is 1.04 bits per heavy atom. The monoisotopic (exact) mass is 329 g/mol. The predicted molar refractivity (Wildman–Crippen MR) is 89.1 cm³/mol. The lowest BCUT2D eigenvalue weighted by Gasteiger charge is -2.31. The van der Waals surface area contributed by atoms with Gasteiger partial charge in [-0.05, 0) is 31.2 Å². The highest BCUT2D eigenvalue weighted by atomic mass is 16.6. The number of ether oxygens (including phenoxy) is 4. The van der Waals surface area contributed by atoms with Crippen LogP contribution in [0.1, 0.15) is 6.92 Å². The van der Waals surface area contributed by atoms with Gasteiger partial charge in [-0.3, -0.25) is 4.79 Å². The first-order valence-electron chi connectivity index (χ1n) is 7.57. The second-order valence-corrected chi connectivity index (χ2v) is 5.36.